The minimum Gasteiger partial charge on any atom is -0.352 e. The van der Waals surface area contributed by atoms with Crippen LogP contribution in [0, 0.1) is 0 Å². The van der Waals surface area contributed by atoms with E-state index < -0.39 is 0 Å². The van der Waals surface area contributed by atoms with Crippen molar-refractivity contribution in [2.75, 3.05) is 49.4 Å². The van der Waals surface area contributed by atoms with Crippen molar-refractivity contribution in [2.24, 2.45) is 5.84 Å². The van der Waals surface area contributed by atoms with Gasteiger partial charge in [-0.15, -0.1) is 0 Å². The summed E-state index contributed by atoms with van der Waals surface area (Å²) in [6.45, 7) is 5.30. The molecule has 1 unspecified atom stereocenters. The molecular formula is C12H24N8. The standard InChI is InChI=1S/C12H24N8/c1-4-20-7-5-6-9(20)8-14-10-15-11(18-13)17-12(16-10)19(2)3/h9H,4-8,13H2,1-3H3,(H2,14,15,16,17,18). The van der Waals surface area contributed by atoms with Crippen LogP contribution in [0.1, 0.15) is 19.8 Å². The van der Waals surface area contributed by atoms with Crippen molar-refractivity contribution in [3.8, 4) is 0 Å². The average Bonchev–Trinajstić information content (AvgIpc) is 2.92. The largest absolute Gasteiger partial charge is 0.352 e. The molecule has 1 aliphatic rings. The van der Waals surface area contributed by atoms with Gasteiger partial charge >= 0.3 is 0 Å². The van der Waals surface area contributed by atoms with E-state index in [0.29, 0.717) is 23.9 Å². The SMILES string of the molecule is CCN1CCCC1CNc1nc(NN)nc(N(C)C)n1. The fourth-order valence-electron chi connectivity index (χ4n) is 2.46. The number of likely N-dealkylation sites (N-methyl/N-ethyl adjacent to an activating group) is 1. The van der Waals surface area contributed by atoms with Crippen molar-refractivity contribution in [3.63, 3.8) is 0 Å². The Morgan fingerprint density at radius 2 is 2.05 bits per heavy atom. The van der Waals surface area contributed by atoms with Gasteiger partial charge < -0.3 is 10.2 Å². The first-order valence-electron chi connectivity index (χ1n) is 7.02. The highest BCUT2D eigenvalue weighted by Crippen LogP contribution is 2.17. The number of rotatable bonds is 6. The number of hydrogen-bond acceptors (Lipinski definition) is 8. The number of hydrazine groups is 1. The van der Waals surface area contributed by atoms with Crippen LogP contribution in [0.4, 0.5) is 17.8 Å². The summed E-state index contributed by atoms with van der Waals surface area (Å²) in [5.41, 5.74) is 2.47. The van der Waals surface area contributed by atoms with E-state index in [1.54, 1.807) is 0 Å². The van der Waals surface area contributed by atoms with Gasteiger partial charge in [-0.2, -0.15) is 15.0 Å². The van der Waals surface area contributed by atoms with Crippen LogP contribution in [0.25, 0.3) is 0 Å². The quantitative estimate of drug-likeness (QED) is 0.499. The van der Waals surface area contributed by atoms with Gasteiger partial charge in [0.1, 0.15) is 0 Å². The lowest BCUT2D eigenvalue weighted by Crippen LogP contribution is -2.35. The molecule has 1 atom stereocenters. The molecule has 0 saturated carbocycles. The second-order valence-electron chi connectivity index (χ2n) is 5.13. The zero-order chi connectivity index (χ0) is 14.5. The van der Waals surface area contributed by atoms with E-state index in [2.05, 4.69) is 37.5 Å². The first-order valence-corrected chi connectivity index (χ1v) is 7.02. The van der Waals surface area contributed by atoms with Crippen molar-refractivity contribution in [2.45, 2.75) is 25.8 Å². The lowest BCUT2D eigenvalue weighted by Gasteiger charge is -2.23. The first kappa shape index (κ1) is 14.7. The van der Waals surface area contributed by atoms with Crippen LogP contribution in [-0.2, 0) is 0 Å². The van der Waals surface area contributed by atoms with Crippen molar-refractivity contribution in [1.82, 2.24) is 19.9 Å². The molecule has 1 fully saturated rings. The van der Waals surface area contributed by atoms with Gasteiger partial charge in [0, 0.05) is 26.7 Å². The summed E-state index contributed by atoms with van der Waals surface area (Å²) < 4.78 is 0. The molecule has 8 nitrogen and oxygen atoms in total. The molecule has 1 saturated heterocycles. The van der Waals surface area contributed by atoms with E-state index in [-0.39, 0.29) is 0 Å². The molecule has 0 radical (unpaired) electrons. The van der Waals surface area contributed by atoms with Gasteiger partial charge in [-0.1, -0.05) is 6.92 Å². The predicted molar refractivity (Wildman–Crippen MR) is 80.7 cm³/mol. The second-order valence-corrected chi connectivity index (χ2v) is 5.13. The van der Waals surface area contributed by atoms with E-state index >= 15 is 0 Å². The summed E-state index contributed by atoms with van der Waals surface area (Å²) in [6, 6.07) is 0.550. The molecule has 8 heteroatoms. The van der Waals surface area contributed by atoms with Gasteiger partial charge in [-0.05, 0) is 25.9 Å². The van der Waals surface area contributed by atoms with Crippen LogP contribution in [0.5, 0.6) is 0 Å². The maximum atomic E-state index is 5.39. The van der Waals surface area contributed by atoms with Gasteiger partial charge in [-0.25, -0.2) is 5.84 Å². The summed E-state index contributed by atoms with van der Waals surface area (Å²) in [7, 11) is 3.77. The first-order chi connectivity index (χ1) is 9.63. The number of hydrogen-bond donors (Lipinski definition) is 3. The number of nitrogens with zero attached hydrogens (tertiary/aromatic N) is 5. The minimum atomic E-state index is 0.366. The van der Waals surface area contributed by atoms with E-state index in [9.17, 15) is 0 Å². The normalized spacial score (nSPS) is 19.1. The highest BCUT2D eigenvalue weighted by molar-refractivity contribution is 5.42. The summed E-state index contributed by atoms with van der Waals surface area (Å²) in [6.07, 6.45) is 2.48. The van der Waals surface area contributed by atoms with Gasteiger partial charge in [0.25, 0.3) is 0 Å². The predicted octanol–water partition coefficient (Wildman–Crippen LogP) is 0.119. The summed E-state index contributed by atoms with van der Waals surface area (Å²) in [5.74, 6) is 6.89. The number of nitrogens with one attached hydrogen (secondary N) is 2. The Kier molecular flexibility index (Phi) is 4.91. The van der Waals surface area contributed by atoms with Crippen molar-refractivity contribution in [3.05, 3.63) is 0 Å². The molecule has 1 aromatic rings. The average molecular weight is 280 g/mol. The third kappa shape index (κ3) is 3.45. The number of anilines is 3. The molecule has 0 spiro atoms. The Morgan fingerprint density at radius 1 is 1.30 bits per heavy atom. The van der Waals surface area contributed by atoms with Crippen LogP contribution in [0.15, 0.2) is 0 Å². The van der Waals surface area contributed by atoms with Crippen molar-refractivity contribution >= 4 is 17.8 Å². The molecule has 0 aromatic carbocycles. The molecule has 0 amide bonds. The minimum absolute atomic E-state index is 0.366. The van der Waals surface area contributed by atoms with E-state index in [0.717, 1.165) is 13.1 Å². The topological polar surface area (TPSA) is 95.2 Å². The highest BCUT2D eigenvalue weighted by atomic mass is 15.4. The number of nitrogen functional groups attached to an aromatic ring is 1. The van der Waals surface area contributed by atoms with Crippen molar-refractivity contribution in [1.29, 1.82) is 0 Å². The number of likely N-dealkylation sites (tertiary alicyclic amines) is 1. The Balaban J connectivity index is 2.03. The lowest BCUT2D eigenvalue weighted by molar-refractivity contribution is 0.277. The smallest absolute Gasteiger partial charge is 0.243 e. The third-order valence-electron chi connectivity index (χ3n) is 3.55. The molecule has 0 aliphatic carbocycles. The summed E-state index contributed by atoms with van der Waals surface area (Å²) in [4.78, 5) is 17.1. The lowest BCUT2D eigenvalue weighted by atomic mass is 10.2. The van der Waals surface area contributed by atoms with Crippen LogP contribution in [-0.4, -0.2) is 59.6 Å². The van der Waals surface area contributed by atoms with Crippen LogP contribution in [0.3, 0.4) is 0 Å². The fourth-order valence-corrected chi connectivity index (χ4v) is 2.46. The molecular weight excluding hydrogens is 256 g/mol. The molecule has 0 bridgehead atoms. The van der Waals surface area contributed by atoms with Gasteiger partial charge in [0.2, 0.25) is 17.8 Å². The molecule has 112 valence electrons. The van der Waals surface area contributed by atoms with E-state index in [1.165, 1.54) is 19.4 Å². The molecule has 4 N–H and O–H groups in total. The molecule has 1 aromatic heterocycles. The Hall–Kier alpha value is -1.67. The van der Waals surface area contributed by atoms with Crippen LogP contribution < -0.4 is 21.5 Å². The Labute approximate surface area is 119 Å². The third-order valence-corrected chi connectivity index (χ3v) is 3.55. The van der Waals surface area contributed by atoms with Crippen molar-refractivity contribution < 1.29 is 0 Å². The summed E-state index contributed by atoms with van der Waals surface area (Å²) >= 11 is 0. The molecule has 1 aliphatic heterocycles. The van der Waals surface area contributed by atoms with E-state index in [4.69, 9.17) is 5.84 Å². The fraction of sp³-hybridized carbons (Fsp3) is 0.750. The zero-order valence-electron chi connectivity index (χ0n) is 12.4. The number of aromatic nitrogens is 3. The maximum absolute atomic E-state index is 5.39. The van der Waals surface area contributed by atoms with Crippen LogP contribution >= 0.6 is 0 Å². The summed E-state index contributed by atoms with van der Waals surface area (Å²) in [5, 5.41) is 3.29. The zero-order valence-corrected chi connectivity index (χ0v) is 12.4. The molecule has 20 heavy (non-hydrogen) atoms. The molecule has 2 rings (SSSR count). The molecule has 2 heterocycles. The van der Waals surface area contributed by atoms with Gasteiger partial charge in [-0.3, -0.25) is 10.3 Å². The maximum Gasteiger partial charge on any atom is 0.243 e. The Morgan fingerprint density at radius 3 is 2.70 bits per heavy atom. The van der Waals surface area contributed by atoms with Gasteiger partial charge in [0.05, 0.1) is 0 Å². The van der Waals surface area contributed by atoms with Gasteiger partial charge in [0.15, 0.2) is 0 Å². The highest BCUT2D eigenvalue weighted by Gasteiger charge is 2.22. The monoisotopic (exact) mass is 280 g/mol. The Bertz CT molecular complexity index is 435. The van der Waals surface area contributed by atoms with Crippen LogP contribution in [0.2, 0.25) is 0 Å². The second kappa shape index (κ2) is 6.67. The van der Waals surface area contributed by atoms with E-state index in [1.807, 2.05) is 19.0 Å². The number of nitrogens with two attached hydrogens (primary N) is 1.